The summed E-state index contributed by atoms with van der Waals surface area (Å²) in [6.07, 6.45) is 3.34. The van der Waals surface area contributed by atoms with E-state index in [-0.39, 0.29) is 11.6 Å². The number of nitrogens with one attached hydrogen (secondary N) is 1. The van der Waals surface area contributed by atoms with Gasteiger partial charge < -0.3 is 5.32 Å². The summed E-state index contributed by atoms with van der Waals surface area (Å²) in [4.78, 5) is 13.9. The van der Waals surface area contributed by atoms with Gasteiger partial charge in [-0.2, -0.15) is 0 Å². The summed E-state index contributed by atoms with van der Waals surface area (Å²) in [6.45, 7) is 0.811. The van der Waals surface area contributed by atoms with Crippen LogP contribution in [0.1, 0.15) is 19.3 Å². The molecule has 1 aromatic rings. The van der Waals surface area contributed by atoms with Gasteiger partial charge in [-0.25, -0.2) is 4.79 Å². The van der Waals surface area contributed by atoms with Gasteiger partial charge in [0.15, 0.2) is 0 Å². The second-order valence-electron chi connectivity index (χ2n) is 4.52. The Morgan fingerprint density at radius 1 is 1.19 bits per heavy atom. The van der Waals surface area contributed by atoms with E-state index in [0.717, 1.165) is 36.0 Å². The van der Waals surface area contributed by atoms with E-state index in [4.69, 9.17) is 0 Å². The number of hydrogen-bond acceptors (Lipinski definition) is 1. The normalized spacial score (nSPS) is 22.1. The summed E-state index contributed by atoms with van der Waals surface area (Å²) >= 11 is 3.41. The minimum absolute atomic E-state index is 0.0473. The third kappa shape index (κ3) is 1.52. The molecule has 2 fully saturated rings. The van der Waals surface area contributed by atoms with Crippen molar-refractivity contribution in [2.45, 2.75) is 24.8 Å². The second-order valence-corrected chi connectivity index (χ2v) is 5.43. The van der Waals surface area contributed by atoms with Gasteiger partial charge in [0.2, 0.25) is 0 Å². The molecule has 1 N–H and O–H groups in total. The summed E-state index contributed by atoms with van der Waals surface area (Å²) in [5.41, 5.74) is 1.12. The highest BCUT2D eigenvalue weighted by Gasteiger charge is 2.52. The van der Waals surface area contributed by atoms with Crippen molar-refractivity contribution in [3.8, 4) is 0 Å². The number of rotatable bonds is 1. The van der Waals surface area contributed by atoms with E-state index in [1.165, 1.54) is 0 Å². The Hall–Kier alpha value is -1.03. The molecule has 0 unspecified atom stereocenters. The van der Waals surface area contributed by atoms with Gasteiger partial charge in [0, 0.05) is 16.7 Å². The molecule has 2 aliphatic rings. The van der Waals surface area contributed by atoms with Crippen molar-refractivity contribution in [1.82, 2.24) is 5.32 Å². The predicted molar refractivity (Wildman–Crippen MR) is 66.6 cm³/mol. The highest BCUT2D eigenvalue weighted by atomic mass is 79.9. The van der Waals surface area contributed by atoms with Gasteiger partial charge in [0.25, 0.3) is 0 Å². The van der Waals surface area contributed by atoms with E-state index in [9.17, 15) is 4.79 Å². The number of hydrogen-bond donors (Lipinski definition) is 1. The average Bonchev–Trinajstić information content (AvgIpc) is 3.01. The van der Waals surface area contributed by atoms with Crippen molar-refractivity contribution in [3.63, 3.8) is 0 Å². The molecule has 1 aliphatic heterocycles. The first-order valence-corrected chi connectivity index (χ1v) is 6.34. The number of amides is 2. The van der Waals surface area contributed by atoms with Gasteiger partial charge in [-0.05, 0) is 43.5 Å². The van der Waals surface area contributed by atoms with Gasteiger partial charge in [-0.15, -0.1) is 0 Å². The summed E-state index contributed by atoms with van der Waals surface area (Å²) in [6, 6.07) is 8.00. The van der Waals surface area contributed by atoms with E-state index in [0.29, 0.717) is 0 Å². The monoisotopic (exact) mass is 280 g/mol. The molecule has 84 valence electrons. The van der Waals surface area contributed by atoms with Crippen molar-refractivity contribution in [2.75, 3.05) is 11.4 Å². The molecule has 1 heterocycles. The van der Waals surface area contributed by atoms with Crippen LogP contribution in [-0.4, -0.2) is 18.1 Å². The predicted octanol–water partition coefficient (Wildman–Crippen LogP) is 2.90. The van der Waals surface area contributed by atoms with Crippen molar-refractivity contribution in [1.29, 1.82) is 0 Å². The molecule has 1 aliphatic carbocycles. The number of carbonyl (C=O) groups excluding carboxylic acids is 1. The Morgan fingerprint density at radius 3 is 2.50 bits per heavy atom. The maximum absolute atomic E-state index is 11.9. The SMILES string of the molecule is O=C1NCCC2(CC2)N1c1ccc(Br)cc1. The van der Waals surface area contributed by atoms with Gasteiger partial charge >= 0.3 is 6.03 Å². The number of halogens is 1. The van der Waals surface area contributed by atoms with Crippen LogP contribution < -0.4 is 10.2 Å². The zero-order chi connectivity index (χ0) is 11.2. The molecular weight excluding hydrogens is 268 g/mol. The summed E-state index contributed by atoms with van der Waals surface area (Å²) in [5.74, 6) is 0. The Labute approximate surface area is 103 Å². The van der Waals surface area contributed by atoms with Crippen LogP contribution in [0.5, 0.6) is 0 Å². The molecule has 4 heteroatoms. The van der Waals surface area contributed by atoms with Crippen LogP contribution in [-0.2, 0) is 0 Å². The Balaban J connectivity index is 1.97. The molecule has 1 aromatic carbocycles. The van der Waals surface area contributed by atoms with Crippen LogP contribution in [0.25, 0.3) is 0 Å². The zero-order valence-electron chi connectivity index (χ0n) is 8.87. The summed E-state index contributed by atoms with van der Waals surface area (Å²) in [7, 11) is 0. The van der Waals surface area contributed by atoms with Crippen LogP contribution in [0, 0.1) is 0 Å². The fraction of sp³-hybridized carbons (Fsp3) is 0.417. The maximum Gasteiger partial charge on any atom is 0.322 e. The van der Waals surface area contributed by atoms with Gasteiger partial charge in [0.05, 0.1) is 5.54 Å². The minimum atomic E-state index is 0.0473. The topological polar surface area (TPSA) is 32.3 Å². The third-order valence-corrected chi connectivity index (χ3v) is 3.98. The molecule has 3 rings (SSSR count). The summed E-state index contributed by atoms with van der Waals surface area (Å²) in [5, 5.41) is 2.92. The molecule has 0 bridgehead atoms. The van der Waals surface area contributed by atoms with Crippen molar-refractivity contribution >= 4 is 27.6 Å². The first kappa shape index (κ1) is 10.1. The zero-order valence-corrected chi connectivity index (χ0v) is 10.5. The average molecular weight is 281 g/mol. The smallest absolute Gasteiger partial charge is 0.322 e. The van der Waals surface area contributed by atoms with Crippen LogP contribution in [0.15, 0.2) is 28.7 Å². The largest absolute Gasteiger partial charge is 0.338 e. The van der Waals surface area contributed by atoms with E-state index in [1.54, 1.807) is 0 Å². The fourth-order valence-corrected chi connectivity index (χ4v) is 2.67. The molecule has 1 saturated carbocycles. The van der Waals surface area contributed by atoms with Crippen molar-refractivity contribution < 1.29 is 4.79 Å². The maximum atomic E-state index is 11.9. The summed E-state index contributed by atoms with van der Waals surface area (Å²) < 4.78 is 1.04. The molecule has 1 saturated heterocycles. The lowest BCUT2D eigenvalue weighted by Gasteiger charge is -2.36. The quantitative estimate of drug-likeness (QED) is 0.843. The highest BCUT2D eigenvalue weighted by Crippen LogP contribution is 2.48. The number of carbonyl (C=O) groups is 1. The van der Waals surface area contributed by atoms with Crippen LogP contribution in [0.4, 0.5) is 10.5 Å². The lowest BCUT2D eigenvalue weighted by atomic mass is 10.1. The molecule has 0 atom stereocenters. The molecular formula is C12H13BrN2O. The molecule has 16 heavy (non-hydrogen) atoms. The first-order chi connectivity index (χ1) is 7.71. The Morgan fingerprint density at radius 2 is 1.88 bits per heavy atom. The van der Waals surface area contributed by atoms with Crippen LogP contribution in [0.3, 0.4) is 0 Å². The number of benzene rings is 1. The Kier molecular flexibility index (Phi) is 2.21. The molecule has 2 amide bonds. The number of urea groups is 1. The van der Waals surface area contributed by atoms with E-state index in [2.05, 4.69) is 21.2 Å². The third-order valence-electron chi connectivity index (χ3n) is 3.46. The number of nitrogens with zero attached hydrogens (tertiary/aromatic N) is 1. The van der Waals surface area contributed by atoms with E-state index >= 15 is 0 Å². The van der Waals surface area contributed by atoms with E-state index < -0.39 is 0 Å². The Bertz CT molecular complexity index is 425. The lowest BCUT2D eigenvalue weighted by molar-refractivity contribution is 0.236. The minimum Gasteiger partial charge on any atom is -0.338 e. The fourth-order valence-electron chi connectivity index (χ4n) is 2.41. The van der Waals surface area contributed by atoms with Gasteiger partial charge in [-0.1, -0.05) is 15.9 Å². The molecule has 0 aromatic heterocycles. The van der Waals surface area contributed by atoms with Crippen molar-refractivity contribution in [3.05, 3.63) is 28.7 Å². The lowest BCUT2D eigenvalue weighted by Crippen LogP contribution is -2.54. The van der Waals surface area contributed by atoms with Crippen LogP contribution >= 0.6 is 15.9 Å². The molecule has 0 radical (unpaired) electrons. The van der Waals surface area contributed by atoms with Gasteiger partial charge in [0.1, 0.15) is 0 Å². The van der Waals surface area contributed by atoms with Gasteiger partial charge in [-0.3, -0.25) is 4.90 Å². The highest BCUT2D eigenvalue weighted by molar-refractivity contribution is 9.10. The number of anilines is 1. The first-order valence-electron chi connectivity index (χ1n) is 5.55. The van der Waals surface area contributed by atoms with E-state index in [1.807, 2.05) is 29.2 Å². The van der Waals surface area contributed by atoms with Crippen molar-refractivity contribution in [2.24, 2.45) is 0 Å². The molecule has 3 nitrogen and oxygen atoms in total. The second kappa shape index (κ2) is 3.48. The standard InChI is InChI=1S/C12H13BrN2O/c13-9-1-3-10(4-2-9)15-11(16)14-8-7-12(15)5-6-12/h1-4H,5-8H2,(H,14,16). The molecule has 1 spiro atoms. The van der Waals surface area contributed by atoms with Crippen LogP contribution in [0.2, 0.25) is 0 Å².